The van der Waals surface area contributed by atoms with Crippen LogP contribution in [0.1, 0.15) is 12.5 Å². The lowest BCUT2D eigenvalue weighted by molar-refractivity contribution is 0.244. The molecule has 0 spiro atoms. The van der Waals surface area contributed by atoms with Crippen LogP contribution in [0.25, 0.3) is 11.6 Å². The molecule has 0 aliphatic heterocycles. The molecule has 3 aromatic rings. The van der Waals surface area contributed by atoms with Gasteiger partial charge in [-0.05, 0) is 56.0 Å². The molecule has 126 valence electrons. The van der Waals surface area contributed by atoms with Gasteiger partial charge < -0.3 is 4.42 Å². The highest BCUT2D eigenvalue weighted by Gasteiger charge is 2.14. The molecule has 0 N–H and O–H groups in total. The fourth-order valence-electron chi connectivity index (χ4n) is 2.59. The van der Waals surface area contributed by atoms with Gasteiger partial charge in [-0.2, -0.15) is 0 Å². The van der Waals surface area contributed by atoms with Gasteiger partial charge >= 0.3 is 0 Å². The zero-order chi connectivity index (χ0) is 17.1. The van der Waals surface area contributed by atoms with Gasteiger partial charge in [-0.1, -0.05) is 28.1 Å². The van der Waals surface area contributed by atoms with E-state index in [1.165, 1.54) is 5.56 Å². The van der Waals surface area contributed by atoms with Crippen molar-refractivity contribution in [3.05, 3.63) is 57.5 Å². The Morgan fingerprint density at radius 1 is 1.25 bits per heavy atom. The van der Waals surface area contributed by atoms with Gasteiger partial charge in [0.2, 0.25) is 0 Å². The number of aromatic nitrogens is 3. The number of benzene rings is 1. The number of nitrogens with zero attached hydrogens (tertiary/aromatic N) is 4. The summed E-state index contributed by atoms with van der Waals surface area (Å²) in [6.45, 7) is 4.25. The van der Waals surface area contributed by atoms with Crippen molar-refractivity contribution in [1.29, 1.82) is 0 Å². The Bertz CT molecular complexity index is 852. The molecule has 0 radical (unpaired) electrons. The molecule has 0 atom stereocenters. The number of halogens is 1. The van der Waals surface area contributed by atoms with E-state index < -0.39 is 0 Å². The van der Waals surface area contributed by atoms with Crippen molar-refractivity contribution in [2.24, 2.45) is 0 Å². The molecule has 0 bridgehead atoms. The van der Waals surface area contributed by atoms with Crippen LogP contribution in [0.15, 0.2) is 51.6 Å². The average molecular weight is 407 g/mol. The molecule has 7 heteroatoms. The van der Waals surface area contributed by atoms with Crippen molar-refractivity contribution in [2.75, 3.05) is 7.05 Å². The molecule has 1 aromatic carbocycles. The molecular weight excluding hydrogens is 388 g/mol. The van der Waals surface area contributed by atoms with E-state index in [-0.39, 0.29) is 0 Å². The predicted octanol–water partition coefficient (Wildman–Crippen LogP) is 4.55. The summed E-state index contributed by atoms with van der Waals surface area (Å²) in [6.07, 6.45) is 1.65. The fourth-order valence-corrected chi connectivity index (χ4v) is 3.16. The second kappa shape index (κ2) is 7.46. The molecule has 3 rings (SSSR count). The summed E-state index contributed by atoms with van der Waals surface area (Å²) in [5.41, 5.74) is 1.24. The highest BCUT2D eigenvalue weighted by molar-refractivity contribution is 9.10. The maximum Gasteiger partial charge on any atom is 0.199 e. The minimum absolute atomic E-state index is 0.621. The topological polar surface area (TPSA) is 39.1 Å². The van der Waals surface area contributed by atoms with E-state index in [1.54, 1.807) is 6.26 Å². The molecule has 24 heavy (non-hydrogen) atoms. The third-order valence-corrected chi connectivity index (χ3v) is 4.68. The van der Waals surface area contributed by atoms with Crippen LogP contribution in [-0.2, 0) is 19.8 Å². The molecule has 0 amide bonds. The van der Waals surface area contributed by atoms with E-state index >= 15 is 0 Å². The van der Waals surface area contributed by atoms with Crippen molar-refractivity contribution >= 4 is 28.1 Å². The summed E-state index contributed by atoms with van der Waals surface area (Å²) < 4.78 is 11.1. The zero-order valence-electron chi connectivity index (χ0n) is 13.6. The van der Waals surface area contributed by atoms with Gasteiger partial charge in [0.05, 0.1) is 12.9 Å². The zero-order valence-corrected chi connectivity index (χ0v) is 16.0. The Labute approximate surface area is 154 Å². The summed E-state index contributed by atoms with van der Waals surface area (Å²) in [4.78, 5) is 2.18. The Morgan fingerprint density at radius 3 is 2.62 bits per heavy atom. The van der Waals surface area contributed by atoms with Crippen molar-refractivity contribution in [3.63, 3.8) is 0 Å². The maximum atomic E-state index is 5.57. The number of rotatable bonds is 6. The molecule has 2 aromatic heterocycles. The monoisotopic (exact) mass is 406 g/mol. The van der Waals surface area contributed by atoms with E-state index in [0.717, 1.165) is 29.1 Å². The molecule has 0 aliphatic rings. The molecule has 5 nitrogen and oxygen atoms in total. The van der Waals surface area contributed by atoms with Crippen LogP contribution < -0.4 is 0 Å². The van der Waals surface area contributed by atoms with Crippen molar-refractivity contribution < 1.29 is 4.42 Å². The van der Waals surface area contributed by atoms with Crippen LogP contribution in [0.4, 0.5) is 0 Å². The van der Waals surface area contributed by atoms with Crippen molar-refractivity contribution in [1.82, 2.24) is 19.2 Å². The Morgan fingerprint density at radius 2 is 2.00 bits per heavy atom. The van der Waals surface area contributed by atoms with Crippen molar-refractivity contribution in [2.45, 2.75) is 26.7 Å². The van der Waals surface area contributed by atoms with Crippen molar-refractivity contribution in [3.8, 4) is 11.6 Å². The van der Waals surface area contributed by atoms with Crippen LogP contribution in [0.5, 0.6) is 0 Å². The average Bonchev–Trinajstić information content (AvgIpc) is 3.18. The first-order valence-electron chi connectivity index (χ1n) is 7.73. The molecule has 2 heterocycles. The first kappa shape index (κ1) is 17.1. The number of hydrogen-bond donors (Lipinski definition) is 0. The normalized spacial score (nSPS) is 11.3. The standard InChI is InChI=1S/C17H19BrN4OS/c1-3-21-16(15-5-4-10-23-15)19-22(17(21)24)12-20(2)11-13-6-8-14(18)9-7-13/h4-10H,3,11-12H2,1-2H3. The minimum Gasteiger partial charge on any atom is -0.461 e. The van der Waals surface area contributed by atoms with Gasteiger partial charge in [0.1, 0.15) is 0 Å². The molecule has 0 aliphatic carbocycles. The van der Waals surface area contributed by atoms with Gasteiger partial charge in [-0.15, -0.1) is 5.10 Å². The largest absolute Gasteiger partial charge is 0.461 e. The first-order chi connectivity index (χ1) is 11.6. The molecule has 0 unspecified atom stereocenters. The number of hydrogen-bond acceptors (Lipinski definition) is 4. The van der Waals surface area contributed by atoms with Crippen LogP contribution in [-0.4, -0.2) is 26.3 Å². The third kappa shape index (κ3) is 3.68. The molecule has 0 saturated heterocycles. The quantitative estimate of drug-likeness (QED) is 0.563. The SMILES string of the molecule is CCn1c(-c2ccco2)nn(CN(C)Cc2ccc(Br)cc2)c1=S. The summed E-state index contributed by atoms with van der Waals surface area (Å²) in [6, 6.07) is 12.1. The minimum atomic E-state index is 0.621. The van der Waals surface area contributed by atoms with E-state index in [1.807, 2.05) is 21.4 Å². The first-order valence-corrected chi connectivity index (χ1v) is 8.93. The third-order valence-electron chi connectivity index (χ3n) is 3.72. The van der Waals surface area contributed by atoms with Gasteiger partial charge in [-0.25, -0.2) is 4.68 Å². The smallest absolute Gasteiger partial charge is 0.199 e. The highest BCUT2D eigenvalue weighted by Crippen LogP contribution is 2.19. The Kier molecular flexibility index (Phi) is 5.33. The fraction of sp³-hybridized carbons (Fsp3) is 0.294. The second-order valence-corrected chi connectivity index (χ2v) is 6.89. The van der Waals surface area contributed by atoms with E-state index in [9.17, 15) is 0 Å². The lowest BCUT2D eigenvalue weighted by Crippen LogP contribution is -2.22. The lowest BCUT2D eigenvalue weighted by Gasteiger charge is -2.16. The Balaban J connectivity index is 1.79. The predicted molar refractivity (Wildman–Crippen MR) is 100 cm³/mol. The Hall–Kier alpha value is -1.70. The van der Waals surface area contributed by atoms with Crippen LogP contribution in [0.2, 0.25) is 0 Å². The summed E-state index contributed by atoms with van der Waals surface area (Å²) >= 11 is 9.03. The summed E-state index contributed by atoms with van der Waals surface area (Å²) in [5, 5.41) is 4.65. The van der Waals surface area contributed by atoms with Crippen LogP contribution in [0.3, 0.4) is 0 Å². The summed E-state index contributed by atoms with van der Waals surface area (Å²) in [7, 11) is 2.06. The van der Waals surface area contributed by atoms with E-state index in [0.29, 0.717) is 11.4 Å². The van der Waals surface area contributed by atoms with E-state index in [4.69, 9.17) is 16.6 Å². The van der Waals surface area contributed by atoms with Crippen LogP contribution in [0, 0.1) is 4.77 Å². The van der Waals surface area contributed by atoms with Gasteiger partial charge in [0, 0.05) is 17.6 Å². The van der Waals surface area contributed by atoms with E-state index in [2.05, 4.69) is 64.2 Å². The molecular formula is C17H19BrN4OS. The second-order valence-electron chi connectivity index (χ2n) is 5.61. The van der Waals surface area contributed by atoms with Gasteiger partial charge in [0.15, 0.2) is 16.4 Å². The van der Waals surface area contributed by atoms with Gasteiger partial charge in [0.25, 0.3) is 0 Å². The molecule has 0 fully saturated rings. The highest BCUT2D eigenvalue weighted by atomic mass is 79.9. The molecule has 0 saturated carbocycles. The summed E-state index contributed by atoms with van der Waals surface area (Å²) in [5.74, 6) is 1.50. The van der Waals surface area contributed by atoms with Gasteiger partial charge in [-0.3, -0.25) is 9.47 Å². The lowest BCUT2D eigenvalue weighted by atomic mass is 10.2. The maximum absolute atomic E-state index is 5.57. The van der Waals surface area contributed by atoms with Crippen LogP contribution >= 0.6 is 28.1 Å². The number of furan rings is 1.